The van der Waals surface area contributed by atoms with E-state index in [1.54, 1.807) is 11.8 Å². The average Bonchev–Trinajstić information content (AvgIpc) is 2.97. The van der Waals surface area contributed by atoms with Crippen molar-refractivity contribution in [2.24, 2.45) is 0 Å². The Labute approximate surface area is 148 Å². The maximum absolute atomic E-state index is 12.7. The SMILES string of the molecule is Cc1cc(C)c(C(=O)OC(C)C(=O)N2CCc3ccccc32)c(C)c1. The van der Waals surface area contributed by atoms with Crippen LogP contribution in [0.15, 0.2) is 36.4 Å². The van der Waals surface area contributed by atoms with Crippen LogP contribution in [0.1, 0.15) is 39.5 Å². The quantitative estimate of drug-likeness (QED) is 0.802. The highest BCUT2D eigenvalue weighted by Crippen LogP contribution is 2.28. The van der Waals surface area contributed by atoms with E-state index in [2.05, 4.69) is 0 Å². The maximum atomic E-state index is 12.7. The van der Waals surface area contributed by atoms with Crippen molar-refractivity contribution in [3.05, 3.63) is 64.2 Å². The Kier molecular flexibility index (Phi) is 4.62. The molecule has 4 nitrogen and oxygen atoms in total. The van der Waals surface area contributed by atoms with Gasteiger partial charge in [0.1, 0.15) is 0 Å². The lowest BCUT2D eigenvalue weighted by atomic mass is 10.00. The van der Waals surface area contributed by atoms with E-state index in [-0.39, 0.29) is 5.91 Å². The number of rotatable bonds is 3. The predicted octanol–water partition coefficient (Wildman–Crippen LogP) is 3.75. The summed E-state index contributed by atoms with van der Waals surface area (Å²) in [6.07, 6.45) is 0.0115. The summed E-state index contributed by atoms with van der Waals surface area (Å²) in [5, 5.41) is 0. The second-order valence-corrected chi connectivity index (χ2v) is 6.69. The topological polar surface area (TPSA) is 46.6 Å². The number of fused-ring (bicyclic) bond motifs is 1. The van der Waals surface area contributed by atoms with E-state index in [0.717, 1.165) is 34.4 Å². The molecule has 2 aromatic rings. The molecular formula is C21H23NO3. The lowest BCUT2D eigenvalue weighted by Gasteiger charge is -2.22. The minimum atomic E-state index is -0.821. The van der Waals surface area contributed by atoms with Gasteiger partial charge in [-0.1, -0.05) is 35.9 Å². The third-order valence-electron chi connectivity index (χ3n) is 4.67. The molecule has 0 radical (unpaired) electrons. The van der Waals surface area contributed by atoms with E-state index in [0.29, 0.717) is 12.1 Å². The van der Waals surface area contributed by atoms with Gasteiger partial charge in [0, 0.05) is 12.2 Å². The van der Waals surface area contributed by atoms with E-state index in [1.807, 2.05) is 57.2 Å². The van der Waals surface area contributed by atoms with Crippen molar-refractivity contribution in [2.45, 2.75) is 40.2 Å². The average molecular weight is 337 g/mol. The van der Waals surface area contributed by atoms with E-state index in [9.17, 15) is 9.59 Å². The molecule has 1 heterocycles. The van der Waals surface area contributed by atoms with Crippen molar-refractivity contribution in [3.63, 3.8) is 0 Å². The zero-order chi connectivity index (χ0) is 18.1. The number of benzene rings is 2. The predicted molar refractivity (Wildman–Crippen MR) is 98.0 cm³/mol. The molecule has 1 aliphatic rings. The number of aryl methyl sites for hydroxylation is 3. The van der Waals surface area contributed by atoms with E-state index < -0.39 is 12.1 Å². The molecule has 0 aliphatic carbocycles. The third-order valence-corrected chi connectivity index (χ3v) is 4.67. The second kappa shape index (κ2) is 6.71. The normalized spacial score (nSPS) is 14.2. The van der Waals surface area contributed by atoms with Crippen LogP contribution in [0.5, 0.6) is 0 Å². The summed E-state index contributed by atoms with van der Waals surface area (Å²) < 4.78 is 5.50. The second-order valence-electron chi connectivity index (χ2n) is 6.69. The third kappa shape index (κ3) is 3.29. The zero-order valence-corrected chi connectivity index (χ0v) is 15.1. The number of ether oxygens (including phenoxy) is 1. The van der Waals surface area contributed by atoms with Gasteiger partial charge in [0.15, 0.2) is 6.10 Å². The Morgan fingerprint density at radius 3 is 2.40 bits per heavy atom. The highest BCUT2D eigenvalue weighted by Gasteiger charge is 2.30. The fourth-order valence-corrected chi connectivity index (χ4v) is 3.56. The number of carbonyl (C=O) groups excluding carboxylic acids is 2. The molecule has 4 heteroatoms. The fraction of sp³-hybridized carbons (Fsp3) is 0.333. The first-order chi connectivity index (χ1) is 11.9. The summed E-state index contributed by atoms with van der Waals surface area (Å²) in [5.74, 6) is -0.621. The van der Waals surface area contributed by atoms with Gasteiger partial charge in [-0.25, -0.2) is 4.79 Å². The number of hydrogen-bond acceptors (Lipinski definition) is 3. The number of amides is 1. The van der Waals surface area contributed by atoms with E-state index in [1.165, 1.54) is 0 Å². The highest BCUT2D eigenvalue weighted by atomic mass is 16.5. The van der Waals surface area contributed by atoms with Crippen LogP contribution in [-0.4, -0.2) is 24.5 Å². The number of hydrogen-bond donors (Lipinski definition) is 0. The molecule has 1 atom stereocenters. The summed E-state index contributed by atoms with van der Waals surface area (Å²) in [4.78, 5) is 27.0. The van der Waals surface area contributed by atoms with Crippen LogP contribution < -0.4 is 4.90 Å². The molecule has 1 aliphatic heterocycles. The Balaban J connectivity index is 1.76. The largest absolute Gasteiger partial charge is 0.449 e. The monoisotopic (exact) mass is 337 g/mol. The van der Waals surface area contributed by atoms with Gasteiger partial charge < -0.3 is 9.64 Å². The van der Waals surface area contributed by atoms with Crippen LogP contribution >= 0.6 is 0 Å². The van der Waals surface area contributed by atoms with Crippen LogP contribution in [0, 0.1) is 20.8 Å². The molecule has 1 unspecified atom stereocenters. The van der Waals surface area contributed by atoms with E-state index in [4.69, 9.17) is 4.74 Å². The Morgan fingerprint density at radius 2 is 1.72 bits per heavy atom. The molecule has 0 spiro atoms. The van der Waals surface area contributed by atoms with Gasteiger partial charge in [-0.05, 0) is 56.9 Å². The van der Waals surface area contributed by atoms with Crippen LogP contribution in [0.3, 0.4) is 0 Å². The number of nitrogens with zero attached hydrogens (tertiary/aromatic N) is 1. The van der Waals surface area contributed by atoms with Gasteiger partial charge in [-0.15, -0.1) is 0 Å². The first-order valence-electron chi connectivity index (χ1n) is 8.56. The molecule has 25 heavy (non-hydrogen) atoms. The van der Waals surface area contributed by atoms with Gasteiger partial charge in [-0.2, -0.15) is 0 Å². The summed E-state index contributed by atoms with van der Waals surface area (Å²) in [7, 11) is 0. The van der Waals surface area contributed by atoms with Gasteiger partial charge in [-0.3, -0.25) is 4.79 Å². The number of para-hydroxylation sites is 1. The molecule has 130 valence electrons. The molecule has 1 amide bonds. The highest BCUT2D eigenvalue weighted by molar-refractivity contribution is 6.01. The minimum Gasteiger partial charge on any atom is -0.449 e. The lowest BCUT2D eigenvalue weighted by molar-refractivity contribution is -0.126. The van der Waals surface area contributed by atoms with Crippen molar-refractivity contribution < 1.29 is 14.3 Å². The number of carbonyl (C=O) groups is 2. The van der Waals surface area contributed by atoms with Gasteiger partial charge in [0.2, 0.25) is 0 Å². The Morgan fingerprint density at radius 1 is 1.08 bits per heavy atom. The fourth-order valence-electron chi connectivity index (χ4n) is 3.56. The van der Waals surface area contributed by atoms with Crippen LogP contribution in [0.25, 0.3) is 0 Å². The molecule has 3 rings (SSSR count). The molecule has 0 N–H and O–H groups in total. The molecular weight excluding hydrogens is 314 g/mol. The number of esters is 1. The summed E-state index contributed by atoms with van der Waals surface area (Å²) in [6, 6.07) is 11.8. The summed E-state index contributed by atoms with van der Waals surface area (Å²) in [6.45, 7) is 8.04. The molecule has 0 fully saturated rings. The Bertz CT molecular complexity index is 818. The van der Waals surface area contributed by atoms with Crippen LogP contribution in [0.2, 0.25) is 0 Å². The molecule has 0 saturated heterocycles. The van der Waals surface area contributed by atoms with Crippen LogP contribution in [-0.2, 0) is 16.0 Å². The van der Waals surface area contributed by atoms with Crippen molar-refractivity contribution in [2.75, 3.05) is 11.4 Å². The van der Waals surface area contributed by atoms with Crippen molar-refractivity contribution in [1.82, 2.24) is 0 Å². The smallest absolute Gasteiger partial charge is 0.339 e. The minimum absolute atomic E-state index is 0.180. The first-order valence-corrected chi connectivity index (χ1v) is 8.56. The lowest BCUT2D eigenvalue weighted by Crippen LogP contribution is -2.39. The number of anilines is 1. The summed E-state index contributed by atoms with van der Waals surface area (Å²) >= 11 is 0. The maximum Gasteiger partial charge on any atom is 0.339 e. The zero-order valence-electron chi connectivity index (χ0n) is 15.1. The van der Waals surface area contributed by atoms with Gasteiger partial charge in [0.25, 0.3) is 5.91 Å². The molecule has 0 bridgehead atoms. The van der Waals surface area contributed by atoms with Gasteiger partial charge in [0.05, 0.1) is 5.56 Å². The molecule has 2 aromatic carbocycles. The van der Waals surface area contributed by atoms with Crippen molar-refractivity contribution >= 4 is 17.6 Å². The van der Waals surface area contributed by atoms with Crippen molar-refractivity contribution in [3.8, 4) is 0 Å². The standard InChI is InChI=1S/C21H23NO3/c1-13-11-14(2)19(15(3)12-13)21(24)25-16(4)20(23)22-10-9-17-7-5-6-8-18(17)22/h5-8,11-12,16H,9-10H2,1-4H3. The van der Waals surface area contributed by atoms with Gasteiger partial charge >= 0.3 is 5.97 Å². The van der Waals surface area contributed by atoms with Crippen molar-refractivity contribution in [1.29, 1.82) is 0 Å². The Hall–Kier alpha value is -2.62. The van der Waals surface area contributed by atoms with E-state index >= 15 is 0 Å². The first kappa shape index (κ1) is 17.2. The molecule has 0 aromatic heterocycles. The summed E-state index contributed by atoms with van der Waals surface area (Å²) in [5.41, 5.74) is 5.46. The molecule has 0 saturated carbocycles. The van der Waals surface area contributed by atoms with Crippen LogP contribution in [0.4, 0.5) is 5.69 Å².